The number of carbonyl (C=O) groups excluding carboxylic acids is 2. The quantitative estimate of drug-likeness (QED) is 0.575. The van der Waals surface area contributed by atoms with Crippen molar-refractivity contribution in [3.8, 4) is 5.69 Å². The summed E-state index contributed by atoms with van der Waals surface area (Å²) in [7, 11) is -3.67. The Hall–Kier alpha value is -3.23. The lowest BCUT2D eigenvalue weighted by atomic mass is 10.1. The van der Waals surface area contributed by atoms with Gasteiger partial charge in [-0.05, 0) is 55.5 Å². The number of benzene rings is 2. The third kappa shape index (κ3) is 4.30. The molecule has 31 heavy (non-hydrogen) atoms. The van der Waals surface area contributed by atoms with Crippen LogP contribution in [0.4, 0.5) is 0 Å². The summed E-state index contributed by atoms with van der Waals surface area (Å²) in [6, 6.07) is 17.2. The second-order valence-electron chi connectivity index (χ2n) is 7.41. The first-order valence-corrected chi connectivity index (χ1v) is 11.4. The number of aromatic nitrogens is 1. The minimum atomic E-state index is -3.67. The molecule has 3 aromatic rings. The van der Waals surface area contributed by atoms with Crippen LogP contribution in [0.3, 0.4) is 0 Å². The first-order chi connectivity index (χ1) is 14.9. The van der Waals surface area contributed by atoms with Gasteiger partial charge in [0.1, 0.15) is 0 Å². The molecule has 1 aromatic heterocycles. The van der Waals surface area contributed by atoms with Crippen molar-refractivity contribution >= 4 is 21.7 Å². The maximum Gasteiger partial charge on any atom is 0.253 e. The van der Waals surface area contributed by atoms with Gasteiger partial charge in [0.15, 0.2) is 5.78 Å². The van der Waals surface area contributed by atoms with Gasteiger partial charge in [0.2, 0.25) is 10.0 Å². The third-order valence-electron chi connectivity index (χ3n) is 5.44. The molecule has 0 radical (unpaired) electrons. The summed E-state index contributed by atoms with van der Waals surface area (Å²) in [5.74, 6) is -0.223. The van der Waals surface area contributed by atoms with E-state index in [0.29, 0.717) is 24.2 Å². The Morgan fingerprint density at radius 2 is 1.32 bits per heavy atom. The van der Waals surface area contributed by atoms with Crippen molar-refractivity contribution in [2.45, 2.75) is 11.8 Å². The fourth-order valence-corrected chi connectivity index (χ4v) is 5.03. The smallest absolute Gasteiger partial charge is 0.253 e. The Labute approximate surface area is 181 Å². The van der Waals surface area contributed by atoms with E-state index >= 15 is 0 Å². The summed E-state index contributed by atoms with van der Waals surface area (Å²) in [6.07, 6.45) is 3.87. The summed E-state index contributed by atoms with van der Waals surface area (Å²) in [4.78, 5) is 26.1. The molecular weight excluding hydrogens is 414 g/mol. The van der Waals surface area contributed by atoms with Crippen LogP contribution in [0.1, 0.15) is 27.6 Å². The number of amides is 1. The molecule has 0 spiro atoms. The highest BCUT2D eigenvalue weighted by Gasteiger charge is 2.30. The van der Waals surface area contributed by atoms with Crippen molar-refractivity contribution in [1.82, 2.24) is 13.8 Å². The van der Waals surface area contributed by atoms with Crippen LogP contribution < -0.4 is 0 Å². The summed E-state index contributed by atoms with van der Waals surface area (Å²) in [5.41, 5.74) is 2.01. The molecule has 0 N–H and O–H groups in total. The van der Waals surface area contributed by atoms with Gasteiger partial charge in [-0.1, -0.05) is 12.1 Å². The fourth-order valence-electron chi connectivity index (χ4n) is 3.61. The van der Waals surface area contributed by atoms with Crippen molar-refractivity contribution in [1.29, 1.82) is 0 Å². The summed E-state index contributed by atoms with van der Waals surface area (Å²) < 4.78 is 29.1. The predicted octanol–water partition coefficient (Wildman–Crippen LogP) is 2.83. The standard InChI is InChI=1S/C23H23N3O4S/c1-18(27)19-6-10-22(11-7-19)31(29,30)26-16-14-25(15-17-26)23(28)20-4-8-21(9-5-20)24-12-2-3-13-24/h2-13H,14-17H2,1H3. The number of sulfonamides is 1. The molecule has 1 amide bonds. The molecule has 4 rings (SSSR count). The van der Waals surface area contributed by atoms with E-state index in [1.807, 2.05) is 41.2 Å². The minimum absolute atomic E-state index is 0.109. The molecule has 7 nitrogen and oxygen atoms in total. The van der Waals surface area contributed by atoms with Gasteiger partial charge in [0, 0.05) is 55.4 Å². The molecule has 0 bridgehead atoms. The zero-order valence-corrected chi connectivity index (χ0v) is 18.0. The highest BCUT2D eigenvalue weighted by molar-refractivity contribution is 7.89. The van der Waals surface area contributed by atoms with Crippen molar-refractivity contribution in [2.75, 3.05) is 26.2 Å². The number of piperazine rings is 1. The van der Waals surface area contributed by atoms with E-state index in [1.54, 1.807) is 17.0 Å². The van der Waals surface area contributed by atoms with Gasteiger partial charge in [-0.3, -0.25) is 9.59 Å². The van der Waals surface area contributed by atoms with Crippen molar-refractivity contribution in [3.05, 3.63) is 84.2 Å². The average molecular weight is 438 g/mol. The molecule has 0 unspecified atom stereocenters. The Kier molecular flexibility index (Phi) is 5.75. The topological polar surface area (TPSA) is 79.7 Å². The van der Waals surface area contributed by atoms with Crippen LogP contribution >= 0.6 is 0 Å². The first-order valence-electron chi connectivity index (χ1n) is 10.00. The third-order valence-corrected chi connectivity index (χ3v) is 7.35. The maximum absolute atomic E-state index is 12.9. The molecule has 8 heteroatoms. The lowest BCUT2D eigenvalue weighted by Crippen LogP contribution is -2.50. The molecule has 1 saturated heterocycles. The van der Waals surface area contributed by atoms with E-state index in [9.17, 15) is 18.0 Å². The summed E-state index contributed by atoms with van der Waals surface area (Å²) in [6.45, 7) is 2.54. The maximum atomic E-state index is 12.9. The fraction of sp³-hybridized carbons (Fsp3) is 0.217. The van der Waals surface area contributed by atoms with E-state index in [2.05, 4.69) is 0 Å². The highest BCUT2D eigenvalue weighted by atomic mass is 32.2. The molecular formula is C23H23N3O4S. The van der Waals surface area contributed by atoms with E-state index in [4.69, 9.17) is 0 Å². The van der Waals surface area contributed by atoms with Crippen LogP contribution in [0.2, 0.25) is 0 Å². The largest absolute Gasteiger partial charge is 0.336 e. The minimum Gasteiger partial charge on any atom is -0.336 e. The molecule has 160 valence electrons. The average Bonchev–Trinajstić information content (AvgIpc) is 3.34. The van der Waals surface area contributed by atoms with Crippen LogP contribution in [-0.4, -0.2) is 60.1 Å². The van der Waals surface area contributed by atoms with Crippen molar-refractivity contribution in [2.24, 2.45) is 0 Å². The first kappa shape index (κ1) is 21.0. The van der Waals surface area contributed by atoms with Crippen LogP contribution in [0.25, 0.3) is 5.69 Å². The predicted molar refractivity (Wildman–Crippen MR) is 117 cm³/mol. The Morgan fingerprint density at radius 3 is 1.87 bits per heavy atom. The van der Waals surface area contributed by atoms with Crippen LogP contribution in [-0.2, 0) is 10.0 Å². The van der Waals surface area contributed by atoms with Gasteiger partial charge in [-0.25, -0.2) is 8.42 Å². The van der Waals surface area contributed by atoms with Gasteiger partial charge in [-0.2, -0.15) is 4.31 Å². The van der Waals surface area contributed by atoms with Gasteiger partial charge in [0.05, 0.1) is 4.90 Å². The summed E-state index contributed by atoms with van der Waals surface area (Å²) >= 11 is 0. The van der Waals surface area contributed by atoms with Gasteiger partial charge in [0.25, 0.3) is 5.91 Å². The number of nitrogens with zero attached hydrogens (tertiary/aromatic N) is 3. The van der Waals surface area contributed by atoms with Crippen LogP contribution in [0.5, 0.6) is 0 Å². The Balaban J connectivity index is 1.40. The zero-order chi connectivity index (χ0) is 22.0. The number of hydrogen-bond donors (Lipinski definition) is 0. The molecule has 1 aliphatic rings. The summed E-state index contributed by atoms with van der Waals surface area (Å²) in [5, 5.41) is 0. The number of Topliss-reactive ketones (excluding diaryl/α,β-unsaturated/α-hetero) is 1. The zero-order valence-electron chi connectivity index (χ0n) is 17.1. The molecule has 0 atom stereocenters. The SMILES string of the molecule is CC(=O)c1ccc(S(=O)(=O)N2CCN(C(=O)c3ccc(-n4cccc4)cc3)CC2)cc1. The molecule has 0 saturated carbocycles. The number of rotatable bonds is 5. The van der Waals surface area contributed by atoms with Crippen LogP contribution in [0.15, 0.2) is 78.0 Å². The number of hydrogen-bond acceptors (Lipinski definition) is 4. The highest BCUT2D eigenvalue weighted by Crippen LogP contribution is 2.20. The molecule has 2 heterocycles. The van der Waals surface area contributed by atoms with E-state index in [-0.39, 0.29) is 29.7 Å². The number of carbonyl (C=O) groups is 2. The van der Waals surface area contributed by atoms with Gasteiger partial charge < -0.3 is 9.47 Å². The molecule has 1 fully saturated rings. The van der Waals surface area contributed by atoms with Gasteiger partial charge in [-0.15, -0.1) is 0 Å². The molecule has 2 aromatic carbocycles. The molecule has 0 aliphatic carbocycles. The van der Waals surface area contributed by atoms with E-state index < -0.39 is 10.0 Å². The van der Waals surface area contributed by atoms with Crippen molar-refractivity contribution < 1.29 is 18.0 Å². The monoisotopic (exact) mass is 437 g/mol. The van der Waals surface area contributed by atoms with Crippen LogP contribution in [0, 0.1) is 0 Å². The van der Waals surface area contributed by atoms with Crippen molar-refractivity contribution in [3.63, 3.8) is 0 Å². The normalized spacial score (nSPS) is 15.1. The Morgan fingerprint density at radius 1 is 0.774 bits per heavy atom. The molecule has 1 aliphatic heterocycles. The second-order valence-corrected chi connectivity index (χ2v) is 9.35. The Bertz CT molecular complexity index is 1180. The van der Waals surface area contributed by atoms with E-state index in [1.165, 1.54) is 35.5 Å². The van der Waals surface area contributed by atoms with E-state index in [0.717, 1.165) is 5.69 Å². The number of ketones is 1. The second kappa shape index (κ2) is 8.49. The van der Waals surface area contributed by atoms with Gasteiger partial charge >= 0.3 is 0 Å². The lowest BCUT2D eigenvalue weighted by Gasteiger charge is -2.34. The lowest BCUT2D eigenvalue weighted by molar-refractivity contribution is 0.0698.